The SMILES string of the molecule is CC[C@H](C)[C@H](NC(=O)c1cc(C(=O)O)co1)C(=O)OC(C)(C)C. The van der Waals surface area contributed by atoms with E-state index in [1.165, 1.54) is 0 Å². The number of amides is 1. The summed E-state index contributed by atoms with van der Waals surface area (Å²) in [5, 5.41) is 11.4. The number of nitrogens with one attached hydrogen (secondary N) is 1. The van der Waals surface area contributed by atoms with Gasteiger partial charge >= 0.3 is 11.9 Å². The van der Waals surface area contributed by atoms with Crippen LogP contribution in [-0.2, 0) is 9.53 Å². The molecule has 1 amide bonds. The summed E-state index contributed by atoms with van der Waals surface area (Å²) in [6.45, 7) is 8.94. The molecule has 0 aliphatic heterocycles. The van der Waals surface area contributed by atoms with Crippen LogP contribution in [0.3, 0.4) is 0 Å². The van der Waals surface area contributed by atoms with E-state index >= 15 is 0 Å². The first-order valence-electron chi connectivity index (χ1n) is 7.40. The summed E-state index contributed by atoms with van der Waals surface area (Å²) in [6.07, 6.45) is 1.63. The van der Waals surface area contributed by atoms with Gasteiger partial charge in [0.15, 0.2) is 5.76 Å². The molecule has 0 aliphatic rings. The molecule has 1 heterocycles. The Morgan fingerprint density at radius 1 is 1.35 bits per heavy atom. The van der Waals surface area contributed by atoms with Gasteiger partial charge in [0.1, 0.15) is 17.9 Å². The molecule has 0 spiro atoms. The Morgan fingerprint density at radius 2 is 1.96 bits per heavy atom. The van der Waals surface area contributed by atoms with Crippen molar-refractivity contribution < 1.29 is 28.6 Å². The normalized spacial score (nSPS) is 14.0. The quantitative estimate of drug-likeness (QED) is 0.778. The van der Waals surface area contributed by atoms with Crippen LogP contribution >= 0.6 is 0 Å². The molecule has 1 aromatic rings. The molecule has 2 N–H and O–H groups in total. The van der Waals surface area contributed by atoms with Crippen molar-refractivity contribution in [3.63, 3.8) is 0 Å². The first-order valence-corrected chi connectivity index (χ1v) is 7.40. The number of ether oxygens (including phenoxy) is 1. The van der Waals surface area contributed by atoms with Crippen LogP contribution in [0, 0.1) is 5.92 Å². The van der Waals surface area contributed by atoms with Gasteiger partial charge in [0.25, 0.3) is 5.91 Å². The van der Waals surface area contributed by atoms with Crippen molar-refractivity contribution in [2.75, 3.05) is 0 Å². The first kappa shape index (κ1) is 18.7. The Balaban J connectivity index is 2.89. The van der Waals surface area contributed by atoms with Crippen LogP contribution in [0.1, 0.15) is 62.0 Å². The zero-order valence-corrected chi connectivity index (χ0v) is 14.0. The van der Waals surface area contributed by atoms with E-state index in [0.29, 0.717) is 6.42 Å². The molecule has 0 fully saturated rings. The molecule has 0 saturated carbocycles. The predicted molar refractivity (Wildman–Crippen MR) is 82.2 cm³/mol. The molecular weight excluding hydrogens is 302 g/mol. The third kappa shape index (κ3) is 5.43. The fraction of sp³-hybridized carbons (Fsp3) is 0.562. The maximum absolute atomic E-state index is 12.3. The Kier molecular flexibility index (Phi) is 5.95. The lowest BCUT2D eigenvalue weighted by molar-refractivity contribution is -0.158. The van der Waals surface area contributed by atoms with Gasteiger partial charge in [-0.15, -0.1) is 0 Å². The van der Waals surface area contributed by atoms with E-state index in [-0.39, 0.29) is 17.2 Å². The number of carboxylic acid groups (broad SMARTS) is 1. The highest BCUT2D eigenvalue weighted by Crippen LogP contribution is 2.16. The third-order valence-electron chi connectivity index (χ3n) is 3.23. The van der Waals surface area contributed by atoms with Crippen LogP contribution < -0.4 is 5.32 Å². The molecule has 1 rings (SSSR count). The van der Waals surface area contributed by atoms with E-state index in [2.05, 4.69) is 5.32 Å². The fourth-order valence-corrected chi connectivity index (χ4v) is 1.81. The van der Waals surface area contributed by atoms with Crippen LogP contribution in [0.25, 0.3) is 0 Å². The van der Waals surface area contributed by atoms with Crippen molar-refractivity contribution in [3.8, 4) is 0 Å². The minimum Gasteiger partial charge on any atom is -0.478 e. The maximum atomic E-state index is 12.3. The Morgan fingerprint density at radius 3 is 2.39 bits per heavy atom. The summed E-state index contributed by atoms with van der Waals surface area (Å²) in [5.74, 6) is -2.71. The van der Waals surface area contributed by atoms with Gasteiger partial charge in [-0.2, -0.15) is 0 Å². The minimum absolute atomic E-state index is 0.132. The zero-order chi connectivity index (χ0) is 17.8. The average molecular weight is 325 g/mol. The molecule has 1 aromatic heterocycles. The van der Waals surface area contributed by atoms with Crippen LogP contribution in [0.2, 0.25) is 0 Å². The molecular formula is C16H23NO6. The lowest BCUT2D eigenvalue weighted by Gasteiger charge is -2.27. The van der Waals surface area contributed by atoms with Crippen molar-refractivity contribution in [2.45, 2.75) is 52.7 Å². The maximum Gasteiger partial charge on any atom is 0.338 e. The molecule has 0 aromatic carbocycles. The summed E-state index contributed by atoms with van der Waals surface area (Å²) in [7, 11) is 0. The predicted octanol–water partition coefficient (Wildman–Crippen LogP) is 2.46. The second kappa shape index (κ2) is 7.30. The van der Waals surface area contributed by atoms with Crippen LogP contribution in [-0.4, -0.2) is 34.6 Å². The smallest absolute Gasteiger partial charge is 0.338 e. The average Bonchev–Trinajstić information content (AvgIpc) is 2.91. The highest BCUT2D eigenvalue weighted by Gasteiger charge is 2.31. The van der Waals surface area contributed by atoms with Crippen LogP contribution in [0.5, 0.6) is 0 Å². The number of esters is 1. The molecule has 7 nitrogen and oxygen atoms in total. The molecule has 128 valence electrons. The minimum atomic E-state index is -1.20. The van der Waals surface area contributed by atoms with Crippen molar-refractivity contribution in [3.05, 3.63) is 23.7 Å². The van der Waals surface area contributed by atoms with Crippen molar-refractivity contribution in [1.82, 2.24) is 5.32 Å². The topological polar surface area (TPSA) is 106 Å². The van der Waals surface area contributed by atoms with E-state index in [9.17, 15) is 14.4 Å². The number of furan rings is 1. The molecule has 0 saturated heterocycles. The zero-order valence-electron chi connectivity index (χ0n) is 14.0. The van der Waals surface area contributed by atoms with Gasteiger partial charge in [-0.1, -0.05) is 20.3 Å². The Hall–Kier alpha value is -2.31. The standard InChI is InChI=1S/C16H23NO6/c1-6-9(2)12(15(21)23-16(3,4)5)17-13(18)11-7-10(8-22-11)14(19)20/h7-9,12H,6H2,1-5H3,(H,17,18)(H,19,20)/t9-,12-/m0/s1. The first-order chi connectivity index (χ1) is 10.5. The van der Waals surface area contributed by atoms with Gasteiger partial charge in [-0.25, -0.2) is 9.59 Å². The Labute approximate surface area is 135 Å². The number of aromatic carboxylic acids is 1. The molecule has 0 radical (unpaired) electrons. The number of rotatable bonds is 6. The van der Waals surface area contributed by atoms with E-state index in [1.54, 1.807) is 20.8 Å². The van der Waals surface area contributed by atoms with Gasteiger partial charge < -0.3 is 19.6 Å². The summed E-state index contributed by atoms with van der Waals surface area (Å²) >= 11 is 0. The van der Waals surface area contributed by atoms with Gasteiger partial charge in [-0.3, -0.25) is 4.79 Å². The molecule has 0 aliphatic carbocycles. The second-order valence-corrected chi connectivity index (χ2v) is 6.37. The highest BCUT2D eigenvalue weighted by molar-refractivity contribution is 5.97. The number of carbonyl (C=O) groups excluding carboxylic acids is 2. The van der Waals surface area contributed by atoms with Gasteiger partial charge in [0.05, 0.1) is 5.56 Å². The number of hydrogen-bond acceptors (Lipinski definition) is 5. The largest absolute Gasteiger partial charge is 0.478 e. The number of carbonyl (C=O) groups is 3. The number of hydrogen-bond donors (Lipinski definition) is 2. The van der Waals surface area contributed by atoms with Crippen LogP contribution in [0.4, 0.5) is 0 Å². The van der Waals surface area contributed by atoms with E-state index in [1.807, 2.05) is 13.8 Å². The summed E-state index contributed by atoms with van der Waals surface area (Å²) in [6, 6.07) is 0.269. The molecule has 23 heavy (non-hydrogen) atoms. The third-order valence-corrected chi connectivity index (χ3v) is 3.23. The fourth-order valence-electron chi connectivity index (χ4n) is 1.81. The van der Waals surface area contributed by atoms with Gasteiger partial charge in [-0.05, 0) is 26.7 Å². The highest BCUT2D eigenvalue weighted by atomic mass is 16.6. The summed E-state index contributed by atoms with van der Waals surface area (Å²) in [5.41, 5.74) is -0.804. The monoisotopic (exact) mass is 325 g/mol. The number of carboxylic acids is 1. The van der Waals surface area contributed by atoms with Gasteiger partial charge in [0, 0.05) is 6.07 Å². The lowest BCUT2D eigenvalue weighted by Crippen LogP contribution is -2.47. The van der Waals surface area contributed by atoms with Crippen molar-refractivity contribution in [1.29, 1.82) is 0 Å². The van der Waals surface area contributed by atoms with E-state index in [0.717, 1.165) is 12.3 Å². The summed E-state index contributed by atoms with van der Waals surface area (Å²) in [4.78, 5) is 35.3. The molecule has 7 heteroatoms. The molecule has 2 atom stereocenters. The second-order valence-electron chi connectivity index (χ2n) is 6.37. The van der Waals surface area contributed by atoms with Crippen LogP contribution in [0.15, 0.2) is 16.7 Å². The van der Waals surface area contributed by atoms with Gasteiger partial charge in [0.2, 0.25) is 0 Å². The van der Waals surface area contributed by atoms with E-state index in [4.69, 9.17) is 14.3 Å². The van der Waals surface area contributed by atoms with Crippen molar-refractivity contribution in [2.24, 2.45) is 5.92 Å². The van der Waals surface area contributed by atoms with Crippen molar-refractivity contribution >= 4 is 17.8 Å². The lowest BCUT2D eigenvalue weighted by atomic mass is 9.98. The molecule has 0 unspecified atom stereocenters. The summed E-state index contributed by atoms with van der Waals surface area (Å²) < 4.78 is 10.3. The molecule has 0 bridgehead atoms. The Bertz CT molecular complexity index is 584. The van der Waals surface area contributed by atoms with E-state index < -0.39 is 29.5 Å².